The van der Waals surface area contributed by atoms with Gasteiger partial charge in [-0.15, -0.1) is 11.8 Å². The van der Waals surface area contributed by atoms with Crippen molar-refractivity contribution in [3.63, 3.8) is 0 Å². The lowest BCUT2D eigenvalue weighted by Crippen LogP contribution is -2.32. The number of rotatable bonds is 5. The SMILES string of the molecule is N[C@H]1CCN(C(=O)C2=CCC(c3cc(NC4CC4)n4ncc(/C=C5\NC(=O)NC5=O)c4n3)S2)C1. The average Bonchev–Trinajstić information content (AvgIpc) is 3.18. The van der Waals surface area contributed by atoms with E-state index in [-0.39, 0.29) is 22.9 Å². The Kier molecular flexibility index (Phi) is 5.06. The van der Waals surface area contributed by atoms with E-state index in [0.717, 1.165) is 35.7 Å². The maximum Gasteiger partial charge on any atom is 0.326 e. The normalized spacial score (nSPS) is 25.7. The molecule has 3 fully saturated rings. The summed E-state index contributed by atoms with van der Waals surface area (Å²) in [5, 5.41) is 12.7. The maximum absolute atomic E-state index is 12.9. The van der Waals surface area contributed by atoms with Crippen LogP contribution in [0.15, 0.2) is 28.9 Å². The molecule has 4 amide bonds. The first-order chi connectivity index (χ1) is 16.4. The molecule has 0 aromatic carbocycles. The molecule has 1 saturated carbocycles. The molecule has 5 heterocycles. The summed E-state index contributed by atoms with van der Waals surface area (Å²) in [7, 11) is 0. The highest BCUT2D eigenvalue weighted by molar-refractivity contribution is 8.04. The van der Waals surface area contributed by atoms with Gasteiger partial charge in [-0.2, -0.15) is 9.61 Å². The molecule has 0 radical (unpaired) electrons. The molecule has 2 aromatic heterocycles. The molecule has 6 rings (SSSR count). The van der Waals surface area contributed by atoms with Gasteiger partial charge < -0.3 is 21.3 Å². The third-order valence-corrected chi connectivity index (χ3v) is 7.62. The number of anilines is 1. The molecule has 2 saturated heterocycles. The van der Waals surface area contributed by atoms with Crippen LogP contribution in [0.1, 0.15) is 42.2 Å². The molecular formula is C22H24N8O3S. The Hall–Kier alpha value is -3.38. The van der Waals surface area contributed by atoms with Gasteiger partial charge >= 0.3 is 6.03 Å². The molecule has 3 aliphatic heterocycles. The zero-order valence-electron chi connectivity index (χ0n) is 18.3. The zero-order chi connectivity index (χ0) is 23.4. The minimum absolute atomic E-state index is 0.00938. The van der Waals surface area contributed by atoms with Crippen LogP contribution in [0.2, 0.25) is 0 Å². The van der Waals surface area contributed by atoms with Crippen LogP contribution in [0, 0.1) is 0 Å². The van der Waals surface area contributed by atoms with Crippen molar-refractivity contribution in [1.82, 2.24) is 30.1 Å². The van der Waals surface area contributed by atoms with Crippen molar-refractivity contribution in [2.75, 3.05) is 18.4 Å². The minimum Gasteiger partial charge on any atom is -0.367 e. The van der Waals surface area contributed by atoms with Gasteiger partial charge in [0.05, 0.1) is 22.0 Å². The summed E-state index contributed by atoms with van der Waals surface area (Å²) in [4.78, 5) is 43.8. The van der Waals surface area contributed by atoms with E-state index in [1.807, 2.05) is 17.0 Å². The van der Waals surface area contributed by atoms with Crippen molar-refractivity contribution in [1.29, 1.82) is 0 Å². The smallest absolute Gasteiger partial charge is 0.326 e. The number of aromatic nitrogens is 3. The van der Waals surface area contributed by atoms with Gasteiger partial charge in [-0.05, 0) is 31.8 Å². The molecule has 0 spiro atoms. The molecule has 176 valence electrons. The minimum atomic E-state index is -0.554. The molecule has 5 N–H and O–H groups in total. The number of amides is 4. The number of thioether (sulfide) groups is 1. The van der Waals surface area contributed by atoms with Gasteiger partial charge in [0.2, 0.25) is 0 Å². The molecule has 2 atom stereocenters. The number of imide groups is 1. The summed E-state index contributed by atoms with van der Waals surface area (Å²) in [6.45, 7) is 1.29. The van der Waals surface area contributed by atoms with Crippen LogP contribution < -0.4 is 21.7 Å². The second-order valence-corrected chi connectivity index (χ2v) is 10.2. The van der Waals surface area contributed by atoms with Crippen molar-refractivity contribution in [2.45, 2.75) is 43.0 Å². The first kappa shape index (κ1) is 21.2. The summed E-state index contributed by atoms with van der Waals surface area (Å²) in [5.74, 6) is 0.366. The molecular weight excluding hydrogens is 456 g/mol. The highest BCUT2D eigenvalue weighted by atomic mass is 32.2. The second kappa shape index (κ2) is 8.13. The average molecular weight is 481 g/mol. The number of carbonyl (C=O) groups excluding carboxylic acids is 3. The summed E-state index contributed by atoms with van der Waals surface area (Å²) in [6, 6.07) is 1.88. The van der Waals surface area contributed by atoms with E-state index in [9.17, 15) is 14.4 Å². The lowest BCUT2D eigenvalue weighted by Gasteiger charge is -2.17. The van der Waals surface area contributed by atoms with E-state index < -0.39 is 11.9 Å². The predicted octanol–water partition coefficient (Wildman–Crippen LogP) is 1.11. The van der Waals surface area contributed by atoms with E-state index in [0.29, 0.717) is 36.8 Å². The largest absolute Gasteiger partial charge is 0.367 e. The maximum atomic E-state index is 12.9. The van der Waals surface area contributed by atoms with Gasteiger partial charge in [0, 0.05) is 36.8 Å². The van der Waals surface area contributed by atoms with E-state index in [1.165, 1.54) is 11.8 Å². The second-order valence-electron chi connectivity index (χ2n) is 9.00. The van der Waals surface area contributed by atoms with E-state index in [1.54, 1.807) is 16.8 Å². The fourth-order valence-electron chi connectivity index (χ4n) is 4.35. The zero-order valence-corrected chi connectivity index (χ0v) is 19.1. The van der Waals surface area contributed by atoms with Crippen LogP contribution >= 0.6 is 11.8 Å². The standard InChI is InChI=1S/C22H24N8O3S/c23-12-5-6-29(10-12)21(32)17-4-3-16(34-17)14-8-18(25-13-1-2-13)30-19(26-14)11(9-24-30)7-15-20(31)28-22(33)27-15/h4,7-9,12-13,16,25H,1-3,5-6,10,23H2,(H2,27,28,31,33)/b15-7-/t12-,16?/m0/s1. The molecule has 4 aliphatic rings. The molecule has 1 unspecified atom stereocenters. The van der Waals surface area contributed by atoms with Crippen LogP contribution in [-0.2, 0) is 9.59 Å². The molecule has 2 aromatic rings. The molecule has 12 heteroatoms. The first-order valence-corrected chi connectivity index (χ1v) is 12.2. The van der Waals surface area contributed by atoms with Gasteiger partial charge in [-0.1, -0.05) is 6.08 Å². The predicted molar refractivity (Wildman–Crippen MR) is 126 cm³/mol. The Labute approximate surface area is 199 Å². The number of hydrogen-bond acceptors (Lipinski definition) is 8. The Bertz CT molecular complexity index is 1280. The van der Waals surface area contributed by atoms with E-state index in [2.05, 4.69) is 21.0 Å². The number of nitrogens with zero attached hydrogens (tertiary/aromatic N) is 4. The fraction of sp³-hybridized carbons (Fsp3) is 0.409. The fourth-order valence-corrected chi connectivity index (χ4v) is 5.52. The quantitative estimate of drug-likeness (QED) is 0.368. The van der Waals surface area contributed by atoms with E-state index in [4.69, 9.17) is 10.7 Å². The van der Waals surface area contributed by atoms with Crippen molar-refractivity contribution < 1.29 is 14.4 Å². The van der Waals surface area contributed by atoms with E-state index >= 15 is 0 Å². The molecule has 1 aliphatic carbocycles. The van der Waals surface area contributed by atoms with Gasteiger partial charge in [0.25, 0.3) is 11.8 Å². The number of nitrogens with two attached hydrogens (primary N) is 1. The summed E-state index contributed by atoms with van der Waals surface area (Å²) >= 11 is 1.53. The number of nitrogens with one attached hydrogen (secondary N) is 3. The van der Waals surface area contributed by atoms with Crippen LogP contribution in [0.25, 0.3) is 11.7 Å². The van der Waals surface area contributed by atoms with Crippen molar-refractivity contribution in [3.8, 4) is 0 Å². The topological polar surface area (TPSA) is 147 Å². The molecule has 34 heavy (non-hydrogen) atoms. The van der Waals surface area contributed by atoms with Gasteiger partial charge in [-0.3, -0.25) is 14.9 Å². The first-order valence-electron chi connectivity index (χ1n) is 11.4. The number of likely N-dealkylation sites (tertiary alicyclic amines) is 1. The molecule has 0 bridgehead atoms. The van der Waals surface area contributed by atoms with Gasteiger partial charge in [-0.25, -0.2) is 9.78 Å². The van der Waals surface area contributed by atoms with Crippen molar-refractivity contribution in [2.24, 2.45) is 5.73 Å². The van der Waals surface area contributed by atoms with Crippen LogP contribution in [0.5, 0.6) is 0 Å². The lowest BCUT2D eigenvalue weighted by atomic mass is 10.2. The number of hydrogen-bond donors (Lipinski definition) is 4. The summed E-state index contributed by atoms with van der Waals surface area (Å²) < 4.78 is 1.72. The van der Waals surface area contributed by atoms with Crippen molar-refractivity contribution >= 4 is 47.1 Å². The number of fused-ring (bicyclic) bond motifs is 1. The third-order valence-electron chi connectivity index (χ3n) is 6.31. The highest BCUT2D eigenvalue weighted by Crippen LogP contribution is 2.44. The Morgan fingerprint density at radius 1 is 1.26 bits per heavy atom. The summed E-state index contributed by atoms with van der Waals surface area (Å²) in [6.07, 6.45) is 8.91. The summed E-state index contributed by atoms with van der Waals surface area (Å²) in [5.41, 5.74) is 8.15. The van der Waals surface area contributed by atoms with Crippen molar-refractivity contribution in [3.05, 3.63) is 40.2 Å². The Morgan fingerprint density at radius 3 is 2.82 bits per heavy atom. The van der Waals surface area contributed by atoms with Gasteiger partial charge in [0.15, 0.2) is 5.65 Å². The monoisotopic (exact) mass is 480 g/mol. The van der Waals surface area contributed by atoms with Crippen LogP contribution in [-0.4, -0.2) is 62.5 Å². The molecule has 11 nitrogen and oxygen atoms in total. The van der Waals surface area contributed by atoms with Gasteiger partial charge in [0.1, 0.15) is 11.5 Å². The number of allylic oxidation sites excluding steroid dienone is 1. The Morgan fingerprint density at radius 2 is 2.12 bits per heavy atom. The third kappa shape index (κ3) is 3.92. The number of carbonyl (C=O) groups is 3. The highest BCUT2D eigenvalue weighted by Gasteiger charge is 2.32. The van der Waals surface area contributed by atoms with Crippen LogP contribution in [0.4, 0.5) is 10.6 Å². The lowest BCUT2D eigenvalue weighted by molar-refractivity contribution is -0.125. The van der Waals surface area contributed by atoms with Crippen LogP contribution in [0.3, 0.4) is 0 Å². The Balaban J connectivity index is 1.31. The number of urea groups is 1.